The van der Waals surface area contributed by atoms with Crippen molar-refractivity contribution in [3.63, 3.8) is 0 Å². The van der Waals surface area contributed by atoms with Gasteiger partial charge in [0.1, 0.15) is 0 Å². The average molecular weight is 787 g/mol. The van der Waals surface area contributed by atoms with Crippen molar-refractivity contribution in [1.82, 2.24) is 0 Å². The van der Waals surface area contributed by atoms with Crippen LogP contribution in [0.1, 0.15) is 188 Å². The molecule has 0 heterocycles. The van der Waals surface area contributed by atoms with Gasteiger partial charge in [0, 0.05) is 20.6 Å². The number of rotatable bonds is 5. The average Bonchev–Trinajstić information content (AvgIpc) is 2.89. The van der Waals surface area contributed by atoms with Gasteiger partial charge in [0.25, 0.3) is 0 Å². The summed E-state index contributed by atoms with van der Waals surface area (Å²) in [7, 11) is 13.7. The summed E-state index contributed by atoms with van der Waals surface area (Å²) in [6.07, 6.45) is 0. The molecule has 4 heteroatoms. The molecule has 0 saturated carbocycles. The Labute approximate surface area is 335 Å². The molecule has 0 aliphatic carbocycles. The maximum atomic E-state index is 3.45. The van der Waals surface area contributed by atoms with Crippen molar-refractivity contribution in [1.29, 1.82) is 0 Å². The Bertz CT molecular complexity index is 1410. The predicted octanol–water partition coefficient (Wildman–Crippen LogP) is 16.0. The summed E-state index contributed by atoms with van der Waals surface area (Å²) in [5.74, 6) is 0. The highest BCUT2D eigenvalue weighted by molar-refractivity contribution is 7.19. The quantitative estimate of drug-likeness (QED) is 0.265. The third-order valence-corrected chi connectivity index (χ3v) is 21.7. The molecule has 2 aromatic rings. The first kappa shape index (κ1) is 48.3. The number of hydrogen-bond donors (Lipinski definition) is 0. The van der Waals surface area contributed by atoms with Crippen molar-refractivity contribution in [2.24, 2.45) is 43.3 Å². The van der Waals surface area contributed by atoms with Gasteiger partial charge in [0.05, 0.1) is 0 Å². The molecule has 4 unspecified atom stereocenters. The third kappa shape index (κ3) is 7.62. The van der Waals surface area contributed by atoms with Gasteiger partial charge in [-0.3, -0.25) is 0 Å². The van der Waals surface area contributed by atoms with Gasteiger partial charge in [0.15, 0.2) is 0 Å². The Hall–Kier alpha value is 0.160. The van der Waals surface area contributed by atoms with Gasteiger partial charge >= 0.3 is 0 Å². The molecule has 0 aliphatic heterocycles. The fourth-order valence-corrected chi connectivity index (χ4v) is 11.5. The molecule has 0 N–H and O–H groups in total. The molecular formula is C48H86P4. The van der Waals surface area contributed by atoms with E-state index in [1.165, 1.54) is 33.4 Å². The molecule has 0 fully saturated rings. The summed E-state index contributed by atoms with van der Waals surface area (Å²) in [6.45, 7) is 58.2. The summed E-state index contributed by atoms with van der Waals surface area (Å²) >= 11 is 0. The van der Waals surface area contributed by atoms with Crippen LogP contribution in [0.4, 0.5) is 0 Å². The van der Waals surface area contributed by atoms with Crippen LogP contribution in [0.2, 0.25) is 0 Å². The molecule has 2 aromatic carbocycles. The van der Waals surface area contributed by atoms with Crippen LogP contribution in [0, 0.1) is 43.3 Å². The van der Waals surface area contributed by atoms with Gasteiger partial charge in [-0.05, 0) is 88.8 Å². The van der Waals surface area contributed by atoms with Gasteiger partial charge in [-0.2, -0.15) is 0 Å². The highest BCUT2D eigenvalue weighted by atomic mass is 31.0. The first-order valence-electron chi connectivity index (χ1n) is 19.9. The monoisotopic (exact) mass is 787 g/mol. The van der Waals surface area contributed by atoms with Crippen LogP contribution < -0.4 is 0 Å². The lowest BCUT2D eigenvalue weighted by molar-refractivity contribution is 0.118. The van der Waals surface area contributed by atoms with Gasteiger partial charge in [-0.15, -0.1) is 37.0 Å². The van der Waals surface area contributed by atoms with Crippen molar-refractivity contribution >= 4 is 37.0 Å². The van der Waals surface area contributed by atoms with Crippen LogP contribution >= 0.6 is 37.0 Å². The highest BCUT2D eigenvalue weighted by Crippen LogP contribution is 2.67. The molecule has 298 valence electrons. The molecule has 0 aromatic heterocycles. The molecular weight excluding hydrogens is 700 g/mol. The van der Waals surface area contributed by atoms with E-state index in [-0.39, 0.29) is 63.9 Å². The lowest BCUT2D eigenvalue weighted by Crippen LogP contribution is -2.51. The minimum atomic E-state index is -0.221. The van der Waals surface area contributed by atoms with E-state index < -0.39 is 0 Å². The zero-order valence-corrected chi connectivity index (χ0v) is 43.4. The SMILES string of the molecule is CC(C)(C)C(P)(c1ccc(-c2ccc(C(P)(C(C)(C)C)C(C)(C)C)c(C(P)(C(C)(C)C)C(C)(C)C)c2)cc1C(P)(C(C)(C)C)C(C)(C)C)C(C)(C)C. The van der Waals surface area contributed by atoms with Crippen LogP contribution in [0.3, 0.4) is 0 Å². The van der Waals surface area contributed by atoms with Crippen LogP contribution in [0.5, 0.6) is 0 Å². The Kier molecular flexibility index (Phi) is 12.9. The van der Waals surface area contributed by atoms with E-state index in [9.17, 15) is 0 Å². The van der Waals surface area contributed by atoms with E-state index in [2.05, 4.69) is 240 Å². The minimum absolute atomic E-state index is 0.0111. The molecule has 0 saturated heterocycles. The molecule has 4 atom stereocenters. The van der Waals surface area contributed by atoms with Crippen molar-refractivity contribution in [3.8, 4) is 11.1 Å². The summed E-state index contributed by atoms with van der Waals surface area (Å²) in [5.41, 5.74) is 8.14. The van der Waals surface area contributed by atoms with Crippen LogP contribution in [-0.4, -0.2) is 0 Å². The van der Waals surface area contributed by atoms with E-state index in [4.69, 9.17) is 0 Å². The lowest BCUT2D eigenvalue weighted by atomic mass is 9.56. The molecule has 0 amide bonds. The number of benzene rings is 2. The zero-order chi connectivity index (χ0) is 41.7. The third-order valence-electron chi connectivity index (χ3n) is 13.5. The Morgan fingerprint density at radius 3 is 0.558 bits per heavy atom. The summed E-state index contributed by atoms with van der Waals surface area (Å²) in [4.78, 5) is 0. The summed E-state index contributed by atoms with van der Waals surface area (Å²) < 4.78 is 0. The summed E-state index contributed by atoms with van der Waals surface area (Å²) in [6, 6.07) is 15.1. The second-order valence-electron chi connectivity index (χ2n) is 24.8. The maximum Gasteiger partial charge on any atom is 0.0197 e. The second kappa shape index (κ2) is 13.9. The highest BCUT2D eigenvalue weighted by Gasteiger charge is 2.57. The molecule has 52 heavy (non-hydrogen) atoms. The molecule has 2 rings (SSSR count). The van der Waals surface area contributed by atoms with E-state index in [1.807, 2.05) is 0 Å². The van der Waals surface area contributed by atoms with Crippen LogP contribution in [0.15, 0.2) is 36.4 Å². The molecule has 0 bridgehead atoms. The van der Waals surface area contributed by atoms with E-state index in [0.717, 1.165) is 0 Å². The molecule has 0 spiro atoms. The second-order valence-corrected chi connectivity index (χ2v) is 28.2. The Morgan fingerprint density at radius 2 is 0.404 bits per heavy atom. The van der Waals surface area contributed by atoms with Gasteiger partial charge in [0.2, 0.25) is 0 Å². The lowest BCUT2D eigenvalue weighted by Gasteiger charge is -2.58. The molecule has 0 aliphatic rings. The van der Waals surface area contributed by atoms with Crippen molar-refractivity contribution in [2.45, 2.75) is 187 Å². The predicted molar refractivity (Wildman–Crippen MR) is 253 cm³/mol. The van der Waals surface area contributed by atoms with Crippen molar-refractivity contribution < 1.29 is 0 Å². The number of hydrogen-bond acceptors (Lipinski definition) is 0. The minimum Gasteiger partial charge on any atom is -0.125 e. The molecule has 0 nitrogen and oxygen atoms in total. The fourth-order valence-electron chi connectivity index (χ4n) is 10.5. The first-order valence-corrected chi connectivity index (χ1v) is 22.2. The van der Waals surface area contributed by atoms with E-state index >= 15 is 0 Å². The van der Waals surface area contributed by atoms with Gasteiger partial charge in [-0.1, -0.05) is 190 Å². The largest absolute Gasteiger partial charge is 0.125 e. The maximum absolute atomic E-state index is 3.45. The van der Waals surface area contributed by atoms with Gasteiger partial charge < -0.3 is 0 Å². The van der Waals surface area contributed by atoms with E-state index in [0.29, 0.717) is 0 Å². The molecule has 0 radical (unpaired) electrons. The summed E-state index contributed by atoms with van der Waals surface area (Å²) in [5, 5.41) is -0.816. The smallest absolute Gasteiger partial charge is 0.0197 e. The van der Waals surface area contributed by atoms with E-state index in [1.54, 1.807) is 0 Å². The van der Waals surface area contributed by atoms with Crippen LogP contribution in [-0.2, 0) is 20.6 Å². The normalized spacial score (nSPS) is 15.7. The topological polar surface area (TPSA) is 0 Å². The Morgan fingerprint density at radius 1 is 0.250 bits per heavy atom. The Balaban J connectivity index is 3.45. The van der Waals surface area contributed by atoms with Gasteiger partial charge in [-0.25, -0.2) is 0 Å². The van der Waals surface area contributed by atoms with Crippen LogP contribution in [0.25, 0.3) is 11.1 Å². The van der Waals surface area contributed by atoms with Crippen molar-refractivity contribution in [3.05, 3.63) is 58.7 Å². The first-order chi connectivity index (χ1) is 22.4. The standard InChI is InChI=1S/C48H86P4/c1-37(2,3)45(49,38(4,5)6)33-27-25-31(29-35(33)47(51,41(13,14)15)42(16,17)18)32-26-28-34(46(50,39(7,8)9)40(10,11)12)36(30-32)48(52,43(19,20)21)44(22,23)24/h25-30H,49-52H2,1-24H3. The van der Waals surface area contributed by atoms with Crippen molar-refractivity contribution in [2.75, 3.05) is 0 Å². The fraction of sp³-hybridized carbons (Fsp3) is 0.750. The zero-order valence-electron chi connectivity index (χ0n) is 38.8.